The van der Waals surface area contributed by atoms with Gasteiger partial charge in [0.2, 0.25) is 5.91 Å². The van der Waals surface area contributed by atoms with Gasteiger partial charge in [-0.3, -0.25) is 4.79 Å². The first-order chi connectivity index (χ1) is 14.2. The van der Waals surface area contributed by atoms with E-state index in [2.05, 4.69) is 19.2 Å². The van der Waals surface area contributed by atoms with E-state index in [1.165, 1.54) is 83.5 Å². The number of carbonyl (C=O) groups is 2. The Bertz CT molecular complexity index is 424. The molecule has 1 unspecified atom stereocenters. The zero-order valence-electron chi connectivity index (χ0n) is 19.3. The van der Waals surface area contributed by atoms with Gasteiger partial charge in [-0.05, 0) is 32.1 Å². The summed E-state index contributed by atoms with van der Waals surface area (Å²) in [4.78, 5) is 23.8. The Hall–Kier alpha value is -1.06. The zero-order valence-corrected chi connectivity index (χ0v) is 19.3. The van der Waals surface area contributed by atoms with Crippen LogP contribution in [0.1, 0.15) is 136 Å². The Balaban J connectivity index is 2.22. The molecule has 0 aliphatic carbocycles. The first-order valence-electron chi connectivity index (χ1n) is 12.7. The largest absolute Gasteiger partial charge is 0.461 e. The minimum atomic E-state index is -0.419. The highest BCUT2D eigenvalue weighted by Gasteiger charge is 2.30. The topological polar surface area (TPSA) is 55.4 Å². The van der Waals surface area contributed by atoms with Gasteiger partial charge in [0.1, 0.15) is 12.1 Å². The van der Waals surface area contributed by atoms with Gasteiger partial charge in [0, 0.05) is 6.42 Å². The lowest BCUT2D eigenvalue weighted by Gasteiger charge is -2.20. The summed E-state index contributed by atoms with van der Waals surface area (Å²) in [5.41, 5.74) is 0. The molecule has 1 saturated heterocycles. The van der Waals surface area contributed by atoms with Crippen LogP contribution in [0.3, 0.4) is 0 Å². The van der Waals surface area contributed by atoms with Gasteiger partial charge in [-0.2, -0.15) is 0 Å². The molecule has 4 nitrogen and oxygen atoms in total. The van der Waals surface area contributed by atoms with Crippen LogP contribution in [0.4, 0.5) is 0 Å². The maximum Gasteiger partial charge on any atom is 0.328 e. The molecule has 0 radical (unpaired) electrons. The third-order valence-electron chi connectivity index (χ3n) is 6.07. The van der Waals surface area contributed by atoms with Crippen molar-refractivity contribution in [2.24, 2.45) is 0 Å². The fourth-order valence-electron chi connectivity index (χ4n) is 4.13. The first kappa shape index (κ1) is 26.0. The maximum atomic E-state index is 12.4. The Labute approximate surface area is 179 Å². The summed E-state index contributed by atoms with van der Waals surface area (Å²) < 4.78 is 5.83. The van der Waals surface area contributed by atoms with Crippen molar-refractivity contribution in [3.63, 3.8) is 0 Å². The van der Waals surface area contributed by atoms with Crippen molar-refractivity contribution in [2.45, 2.75) is 148 Å². The first-order valence-corrected chi connectivity index (χ1v) is 12.7. The van der Waals surface area contributed by atoms with Gasteiger partial charge in [-0.25, -0.2) is 4.79 Å². The van der Waals surface area contributed by atoms with Crippen LogP contribution < -0.4 is 5.32 Å². The van der Waals surface area contributed by atoms with Crippen molar-refractivity contribution in [1.29, 1.82) is 0 Å². The van der Waals surface area contributed by atoms with Crippen molar-refractivity contribution >= 4 is 11.9 Å². The van der Waals surface area contributed by atoms with Crippen LogP contribution in [0, 0.1) is 0 Å². The summed E-state index contributed by atoms with van der Waals surface area (Å²) in [6, 6.07) is -0.419. The molecule has 29 heavy (non-hydrogen) atoms. The highest BCUT2D eigenvalue weighted by atomic mass is 16.5. The van der Waals surface area contributed by atoms with E-state index in [9.17, 15) is 9.59 Å². The van der Waals surface area contributed by atoms with E-state index >= 15 is 0 Å². The molecule has 1 aliphatic rings. The van der Waals surface area contributed by atoms with E-state index in [4.69, 9.17) is 4.74 Å². The molecule has 0 saturated carbocycles. The number of amides is 1. The second-order valence-electron chi connectivity index (χ2n) is 8.89. The second-order valence-corrected chi connectivity index (χ2v) is 8.89. The Morgan fingerprint density at radius 1 is 0.828 bits per heavy atom. The van der Waals surface area contributed by atoms with Gasteiger partial charge < -0.3 is 10.1 Å². The SMILES string of the molecule is CCCCCCCCCCCC(CCCCCCCC)OC(=O)[C@@H]1CCC(=O)N1. The van der Waals surface area contributed by atoms with E-state index in [1.807, 2.05) is 0 Å². The molecular formula is C25H47NO3. The molecule has 1 amide bonds. The Morgan fingerprint density at radius 2 is 1.28 bits per heavy atom. The Morgan fingerprint density at radius 3 is 1.69 bits per heavy atom. The number of nitrogens with one attached hydrogen (secondary N) is 1. The van der Waals surface area contributed by atoms with Crippen LogP contribution in [0.15, 0.2) is 0 Å². The van der Waals surface area contributed by atoms with E-state index in [0.717, 1.165) is 25.7 Å². The number of ether oxygens (including phenoxy) is 1. The molecular weight excluding hydrogens is 362 g/mol. The number of rotatable bonds is 19. The molecule has 0 spiro atoms. The predicted octanol–water partition coefficient (Wildman–Crippen LogP) is 6.85. The van der Waals surface area contributed by atoms with Crippen molar-refractivity contribution in [2.75, 3.05) is 0 Å². The molecule has 0 aromatic carbocycles. The quantitative estimate of drug-likeness (QED) is 0.187. The van der Waals surface area contributed by atoms with Crippen molar-refractivity contribution in [3.8, 4) is 0 Å². The fourth-order valence-corrected chi connectivity index (χ4v) is 4.13. The minimum absolute atomic E-state index is 0.0238. The van der Waals surface area contributed by atoms with E-state index in [-0.39, 0.29) is 18.0 Å². The molecule has 2 atom stereocenters. The van der Waals surface area contributed by atoms with Crippen LogP contribution in [0.5, 0.6) is 0 Å². The number of hydrogen-bond donors (Lipinski definition) is 1. The Kier molecular flexibility index (Phi) is 15.9. The lowest BCUT2D eigenvalue weighted by molar-refractivity contribution is -0.152. The minimum Gasteiger partial charge on any atom is -0.461 e. The summed E-state index contributed by atoms with van der Waals surface area (Å²) in [6.45, 7) is 4.50. The van der Waals surface area contributed by atoms with E-state index in [1.54, 1.807) is 0 Å². The molecule has 1 aliphatic heterocycles. The molecule has 1 N–H and O–H groups in total. The highest BCUT2D eigenvalue weighted by molar-refractivity contribution is 5.88. The molecule has 1 heterocycles. The lowest BCUT2D eigenvalue weighted by Crippen LogP contribution is -2.36. The number of carbonyl (C=O) groups excluding carboxylic acids is 2. The van der Waals surface area contributed by atoms with Gasteiger partial charge in [0.05, 0.1) is 0 Å². The fraction of sp³-hybridized carbons (Fsp3) is 0.920. The summed E-state index contributed by atoms with van der Waals surface area (Å²) in [7, 11) is 0. The summed E-state index contributed by atoms with van der Waals surface area (Å²) in [5, 5.41) is 2.74. The average molecular weight is 410 g/mol. The lowest BCUT2D eigenvalue weighted by atomic mass is 10.0. The van der Waals surface area contributed by atoms with Crippen molar-refractivity contribution < 1.29 is 14.3 Å². The zero-order chi connectivity index (χ0) is 21.2. The predicted molar refractivity (Wildman–Crippen MR) is 121 cm³/mol. The van der Waals surface area contributed by atoms with E-state index in [0.29, 0.717) is 12.8 Å². The number of esters is 1. The van der Waals surface area contributed by atoms with Gasteiger partial charge in [0.25, 0.3) is 0 Å². The van der Waals surface area contributed by atoms with Crippen molar-refractivity contribution in [3.05, 3.63) is 0 Å². The molecule has 170 valence electrons. The number of hydrogen-bond acceptors (Lipinski definition) is 3. The molecule has 0 aromatic rings. The van der Waals surface area contributed by atoms with Gasteiger partial charge in [0.15, 0.2) is 0 Å². The molecule has 0 bridgehead atoms. The third kappa shape index (κ3) is 13.7. The second kappa shape index (κ2) is 17.8. The normalized spacial score (nSPS) is 17.3. The standard InChI is InChI=1S/C25H47NO3/c1-3-5-7-9-11-12-13-15-17-19-22(18-16-14-10-8-6-4-2)29-25(28)23-20-21-24(27)26-23/h22-23H,3-21H2,1-2H3,(H,26,27)/t22?,23-/m0/s1. The summed E-state index contributed by atoms with van der Waals surface area (Å²) in [6.07, 6.45) is 22.3. The molecule has 1 fully saturated rings. The van der Waals surface area contributed by atoms with Crippen molar-refractivity contribution in [1.82, 2.24) is 5.32 Å². The highest BCUT2D eigenvalue weighted by Crippen LogP contribution is 2.19. The van der Waals surface area contributed by atoms with Crippen LogP contribution in [-0.4, -0.2) is 24.0 Å². The van der Waals surface area contributed by atoms with Crippen LogP contribution in [0.25, 0.3) is 0 Å². The smallest absolute Gasteiger partial charge is 0.328 e. The van der Waals surface area contributed by atoms with Gasteiger partial charge in [-0.1, -0.05) is 97.3 Å². The van der Waals surface area contributed by atoms with Crippen LogP contribution >= 0.6 is 0 Å². The third-order valence-corrected chi connectivity index (χ3v) is 6.07. The van der Waals surface area contributed by atoms with E-state index < -0.39 is 6.04 Å². The monoisotopic (exact) mass is 409 g/mol. The van der Waals surface area contributed by atoms with Crippen LogP contribution in [-0.2, 0) is 14.3 Å². The van der Waals surface area contributed by atoms with Gasteiger partial charge >= 0.3 is 5.97 Å². The average Bonchev–Trinajstić information content (AvgIpc) is 3.15. The molecule has 4 heteroatoms. The summed E-state index contributed by atoms with van der Waals surface area (Å²) in [5.74, 6) is -0.249. The summed E-state index contributed by atoms with van der Waals surface area (Å²) >= 11 is 0. The maximum absolute atomic E-state index is 12.4. The van der Waals surface area contributed by atoms with Crippen LogP contribution in [0.2, 0.25) is 0 Å². The molecule has 1 rings (SSSR count). The number of unbranched alkanes of at least 4 members (excludes halogenated alkanes) is 13. The van der Waals surface area contributed by atoms with Gasteiger partial charge in [-0.15, -0.1) is 0 Å². The molecule has 0 aromatic heterocycles.